The lowest BCUT2D eigenvalue weighted by Crippen LogP contribution is -2.49. The number of carbonyl (C=O) groups excluding carboxylic acids is 1. The van der Waals surface area contributed by atoms with Crippen molar-refractivity contribution >= 4 is 17.3 Å². The van der Waals surface area contributed by atoms with Crippen molar-refractivity contribution < 1.29 is 4.79 Å². The van der Waals surface area contributed by atoms with Crippen LogP contribution in [-0.2, 0) is 4.79 Å². The maximum absolute atomic E-state index is 12.2. The molecule has 0 fully saturated rings. The van der Waals surface area contributed by atoms with Crippen LogP contribution >= 0.6 is 0 Å². The molecule has 3 nitrogen and oxygen atoms in total. The first-order chi connectivity index (χ1) is 11.1. The van der Waals surface area contributed by atoms with E-state index in [0.717, 1.165) is 17.8 Å². The molecule has 0 aromatic heterocycles. The van der Waals surface area contributed by atoms with Crippen LogP contribution in [0.2, 0.25) is 0 Å². The Balaban J connectivity index is 2.05. The predicted octanol–water partition coefficient (Wildman–Crippen LogP) is 4.62. The van der Waals surface area contributed by atoms with Gasteiger partial charge in [-0.15, -0.1) is 0 Å². The summed E-state index contributed by atoms with van der Waals surface area (Å²) >= 11 is 0. The third kappa shape index (κ3) is 2.83. The molecule has 1 heterocycles. The number of fused-ring (bicyclic) bond motifs is 1. The van der Waals surface area contributed by atoms with Gasteiger partial charge in [0.2, 0.25) is 5.91 Å². The summed E-state index contributed by atoms with van der Waals surface area (Å²) in [5.41, 5.74) is 3.35. The average molecular weight is 308 g/mol. The normalized spacial score (nSPS) is 23.3. The molecule has 2 aromatic carbocycles. The maximum atomic E-state index is 12.2. The monoisotopic (exact) mass is 308 g/mol. The fourth-order valence-electron chi connectivity index (χ4n) is 3.77. The number of hydrogen-bond acceptors (Lipinski definition) is 2. The molecule has 3 heteroatoms. The molecule has 1 aliphatic rings. The van der Waals surface area contributed by atoms with Gasteiger partial charge in [0.05, 0.1) is 6.04 Å². The molecule has 0 radical (unpaired) electrons. The fourth-order valence-corrected chi connectivity index (χ4v) is 3.77. The highest BCUT2D eigenvalue weighted by molar-refractivity contribution is 5.94. The van der Waals surface area contributed by atoms with Crippen LogP contribution in [0.4, 0.5) is 11.4 Å². The summed E-state index contributed by atoms with van der Waals surface area (Å²) in [7, 11) is 0. The number of rotatable bonds is 3. The zero-order valence-corrected chi connectivity index (χ0v) is 14.0. The van der Waals surface area contributed by atoms with Gasteiger partial charge in [-0.3, -0.25) is 4.79 Å². The number of nitrogens with one attached hydrogen (secondary N) is 1. The van der Waals surface area contributed by atoms with Gasteiger partial charge in [-0.05, 0) is 30.2 Å². The second-order valence-corrected chi connectivity index (χ2v) is 6.27. The molecular formula is C20H24N2O. The highest BCUT2D eigenvalue weighted by Crippen LogP contribution is 2.43. The summed E-state index contributed by atoms with van der Waals surface area (Å²) in [6.07, 6.45) is 0.946. The van der Waals surface area contributed by atoms with Gasteiger partial charge >= 0.3 is 0 Å². The molecule has 0 spiro atoms. The Morgan fingerprint density at radius 3 is 2.39 bits per heavy atom. The first-order valence-electron chi connectivity index (χ1n) is 8.33. The predicted molar refractivity (Wildman–Crippen MR) is 95.7 cm³/mol. The van der Waals surface area contributed by atoms with Gasteiger partial charge < -0.3 is 10.2 Å². The van der Waals surface area contributed by atoms with Crippen molar-refractivity contribution in [1.82, 2.24) is 0 Å². The van der Waals surface area contributed by atoms with Crippen LogP contribution < -0.4 is 10.2 Å². The average Bonchev–Trinajstić information content (AvgIpc) is 2.57. The van der Waals surface area contributed by atoms with E-state index in [1.165, 1.54) is 5.56 Å². The van der Waals surface area contributed by atoms with E-state index < -0.39 is 0 Å². The zero-order chi connectivity index (χ0) is 16.4. The second-order valence-electron chi connectivity index (χ2n) is 6.27. The Bertz CT molecular complexity index is 683. The third-order valence-corrected chi connectivity index (χ3v) is 4.85. The van der Waals surface area contributed by atoms with Gasteiger partial charge in [0.25, 0.3) is 0 Å². The molecule has 23 heavy (non-hydrogen) atoms. The minimum Gasteiger partial charge on any atom is -0.378 e. The minimum atomic E-state index is 0.120. The Morgan fingerprint density at radius 1 is 1.09 bits per heavy atom. The van der Waals surface area contributed by atoms with Crippen LogP contribution in [-0.4, -0.2) is 11.9 Å². The Labute approximate surface area is 138 Å². The lowest BCUT2D eigenvalue weighted by molar-refractivity contribution is -0.117. The van der Waals surface area contributed by atoms with E-state index in [-0.39, 0.29) is 18.0 Å². The van der Waals surface area contributed by atoms with Crippen molar-refractivity contribution in [1.29, 1.82) is 0 Å². The molecule has 1 aliphatic heterocycles. The molecule has 2 aromatic rings. The van der Waals surface area contributed by atoms with E-state index in [2.05, 4.69) is 49.5 Å². The van der Waals surface area contributed by atoms with Crippen molar-refractivity contribution in [3.63, 3.8) is 0 Å². The number of anilines is 2. The van der Waals surface area contributed by atoms with Gasteiger partial charge in [-0.2, -0.15) is 0 Å². The standard InChI is InChI=1S/C20H24N2O/c1-4-18-14(2)20(21-16-10-6-5-7-11-16)17-12-8-9-13-19(17)22(18)15(3)23/h5-14,18,20-21H,4H2,1-3H3/t14-,18-,20+/m1/s1. The van der Waals surface area contributed by atoms with Gasteiger partial charge in [0.15, 0.2) is 0 Å². The van der Waals surface area contributed by atoms with Crippen molar-refractivity contribution in [3.05, 3.63) is 60.2 Å². The summed E-state index contributed by atoms with van der Waals surface area (Å²) in [6.45, 7) is 6.06. The number of benzene rings is 2. The number of hydrogen-bond donors (Lipinski definition) is 1. The van der Waals surface area contributed by atoms with Gasteiger partial charge in [0.1, 0.15) is 0 Å². The molecule has 0 unspecified atom stereocenters. The minimum absolute atomic E-state index is 0.120. The van der Waals surface area contributed by atoms with Crippen molar-refractivity contribution in [2.24, 2.45) is 5.92 Å². The van der Waals surface area contributed by atoms with Crippen molar-refractivity contribution in [2.75, 3.05) is 10.2 Å². The van der Waals surface area contributed by atoms with E-state index in [1.807, 2.05) is 29.2 Å². The number of para-hydroxylation sites is 2. The summed E-state index contributed by atoms with van der Waals surface area (Å²) in [5.74, 6) is 0.452. The molecule has 3 atom stereocenters. The molecular weight excluding hydrogens is 284 g/mol. The zero-order valence-electron chi connectivity index (χ0n) is 14.0. The highest BCUT2D eigenvalue weighted by atomic mass is 16.2. The SMILES string of the molecule is CC[C@@H]1[C@@H](C)[C@H](Nc2ccccc2)c2ccccc2N1C(C)=O. The third-order valence-electron chi connectivity index (χ3n) is 4.85. The summed E-state index contributed by atoms with van der Waals surface area (Å²) in [5, 5.41) is 3.67. The molecule has 120 valence electrons. The smallest absolute Gasteiger partial charge is 0.224 e. The van der Waals surface area contributed by atoms with Crippen LogP contribution in [0, 0.1) is 5.92 Å². The first-order valence-corrected chi connectivity index (χ1v) is 8.33. The first kappa shape index (κ1) is 15.6. The van der Waals surface area contributed by atoms with Crippen LogP contribution in [0.25, 0.3) is 0 Å². The van der Waals surface area contributed by atoms with E-state index in [9.17, 15) is 4.79 Å². The molecule has 1 amide bonds. The highest BCUT2D eigenvalue weighted by Gasteiger charge is 2.39. The Hall–Kier alpha value is -2.29. The molecule has 0 aliphatic carbocycles. The topological polar surface area (TPSA) is 32.3 Å². The van der Waals surface area contributed by atoms with Gasteiger partial charge in [-0.25, -0.2) is 0 Å². The molecule has 0 saturated heterocycles. The summed E-state index contributed by atoms with van der Waals surface area (Å²) < 4.78 is 0. The number of carbonyl (C=O) groups is 1. The second kappa shape index (κ2) is 6.45. The van der Waals surface area contributed by atoms with Crippen molar-refractivity contribution in [3.8, 4) is 0 Å². The van der Waals surface area contributed by atoms with E-state index >= 15 is 0 Å². The number of amides is 1. The van der Waals surface area contributed by atoms with E-state index in [0.29, 0.717) is 5.92 Å². The summed E-state index contributed by atoms with van der Waals surface area (Å²) in [4.78, 5) is 14.2. The molecule has 0 saturated carbocycles. The summed E-state index contributed by atoms with van der Waals surface area (Å²) in [6, 6.07) is 19.0. The van der Waals surface area contributed by atoms with Crippen LogP contribution in [0.3, 0.4) is 0 Å². The molecule has 3 rings (SSSR count). The van der Waals surface area contributed by atoms with Crippen LogP contribution in [0.15, 0.2) is 54.6 Å². The van der Waals surface area contributed by atoms with Crippen molar-refractivity contribution in [2.45, 2.75) is 39.3 Å². The Kier molecular flexibility index (Phi) is 4.37. The molecule has 0 bridgehead atoms. The van der Waals surface area contributed by atoms with Crippen LogP contribution in [0.5, 0.6) is 0 Å². The maximum Gasteiger partial charge on any atom is 0.224 e. The van der Waals surface area contributed by atoms with Crippen LogP contribution in [0.1, 0.15) is 38.8 Å². The Morgan fingerprint density at radius 2 is 1.74 bits per heavy atom. The largest absolute Gasteiger partial charge is 0.378 e. The lowest BCUT2D eigenvalue weighted by Gasteiger charge is -2.45. The van der Waals surface area contributed by atoms with Gasteiger partial charge in [0, 0.05) is 30.3 Å². The number of nitrogens with zero attached hydrogens (tertiary/aromatic N) is 1. The fraction of sp³-hybridized carbons (Fsp3) is 0.350. The quantitative estimate of drug-likeness (QED) is 0.897. The molecule has 1 N–H and O–H groups in total. The van der Waals surface area contributed by atoms with Gasteiger partial charge in [-0.1, -0.05) is 50.2 Å². The lowest BCUT2D eigenvalue weighted by atomic mass is 9.81. The van der Waals surface area contributed by atoms with E-state index in [1.54, 1.807) is 6.92 Å². The van der Waals surface area contributed by atoms with E-state index in [4.69, 9.17) is 0 Å².